The van der Waals surface area contributed by atoms with Crippen molar-refractivity contribution in [2.45, 2.75) is 44.2 Å². The second-order valence-electron chi connectivity index (χ2n) is 3.39. The van der Waals surface area contributed by atoms with Crippen molar-refractivity contribution in [2.24, 2.45) is 0 Å². The fourth-order valence-corrected chi connectivity index (χ4v) is 1.71. The van der Waals surface area contributed by atoms with Crippen molar-refractivity contribution in [3.63, 3.8) is 0 Å². The second-order valence-corrected chi connectivity index (χ2v) is 4.54. The standard InChI is InChI=1S/C9H11F7OS/c1-2-5(17)18-4-3-8(13,14)9(15,16)6(10)7(11)12/h6-7H,2-4H2,1H3. The monoisotopic (exact) mass is 300 g/mol. The molecule has 0 aliphatic heterocycles. The summed E-state index contributed by atoms with van der Waals surface area (Å²) in [5, 5.41) is -0.500. The quantitative estimate of drug-likeness (QED) is 0.663. The van der Waals surface area contributed by atoms with Gasteiger partial charge in [-0.15, -0.1) is 0 Å². The minimum Gasteiger partial charge on any atom is -0.287 e. The molecule has 9 heteroatoms. The lowest BCUT2D eigenvalue weighted by atomic mass is 10.0. The van der Waals surface area contributed by atoms with Gasteiger partial charge in [-0.05, 0) is 0 Å². The van der Waals surface area contributed by atoms with Crippen molar-refractivity contribution in [2.75, 3.05) is 5.75 Å². The molecular formula is C9H11F7OS. The van der Waals surface area contributed by atoms with E-state index < -0.39 is 41.7 Å². The Bertz CT molecular complexity index is 282. The Balaban J connectivity index is 4.55. The summed E-state index contributed by atoms with van der Waals surface area (Å²) in [6, 6.07) is 0. The highest BCUT2D eigenvalue weighted by molar-refractivity contribution is 8.13. The predicted octanol–water partition coefficient (Wildman–Crippen LogP) is 3.92. The molecule has 0 aromatic carbocycles. The van der Waals surface area contributed by atoms with Crippen LogP contribution in [0.2, 0.25) is 0 Å². The molecule has 0 saturated heterocycles. The van der Waals surface area contributed by atoms with Crippen molar-refractivity contribution in [3.8, 4) is 0 Å². The van der Waals surface area contributed by atoms with E-state index in [1.807, 2.05) is 0 Å². The van der Waals surface area contributed by atoms with Crippen molar-refractivity contribution in [3.05, 3.63) is 0 Å². The smallest absolute Gasteiger partial charge is 0.287 e. The van der Waals surface area contributed by atoms with Gasteiger partial charge in [-0.1, -0.05) is 18.7 Å². The molecule has 1 unspecified atom stereocenters. The Morgan fingerprint density at radius 1 is 1.17 bits per heavy atom. The Kier molecular flexibility index (Phi) is 6.45. The van der Waals surface area contributed by atoms with Crippen LogP contribution in [0.1, 0.15) is 19.8 Å². The topological polar surface area (TPSA) is 17.1 Å². The van der Waals surface area contributed by atoms with Gasteiger partial charge in [-0.3, -0.25) is 4.79 Å². The first kappa shape index (κ1) is 17.5. The molecule has 0 aromatic rings. The fourth-order valence-electron chi connectivity index (χ4n) is 0.922. The largest absolute Gasteiger partial charge is 0.346 e. The normalized spacial score (nSPS) is 14.9. The van der Waals surface area contributed by atoms with Gasteiger partial charge in [0.2, 0.25) is 6.17 Å². The Morgan fingerprint density at radius 2 is 1.67 bits per heavy atom. The first-order valence-electron chi connectivity index (χ1n) is 4.89. The lowest BCUT2D eigenvalue weighted by Crippen LogP contribution is -2.50. The minimum atomic E-state index is -5.46. The van der Waals surface area contributed by atoms with Gasteiger partial charge >= 0.3 is 11.8 Å². The van der Waals surface area contributed by atoms with Crippen LogP contribution < -0.4 is 0 Å². The summed E-state index contributed by atoms with van der Waals surface area (Å²) in [4.78, 5) is 10.7. The average molecular weight is 300 g/mol. The Morgan fingerprint density at radius 3 is 2.06 bits per heavy atom. The molecule has 0 bridgehead atoms. The van der Waals surface area contributed by atoms with Crippen LogP contribution >= 0.6 is 11.8 Å². The van der Waals surface area contributed by atoms with E-state index in [0.717, 1.165) is 0 Å². The van der Waals surface area contributed by atoms with Crippen LogP contribution in [0.5, 0.6) is 0 Å². The zero-order valence-corrected chi connectivity index (χ0v) is 10.1. The maximum absolute atomic E-state index is 12.9. The van der Waals surface area contributed by atoms with Crippen LogP contribution in [-0.2, 0) is 4.79 Å². The molecule has 0 rings (SSSR count). The molecule has 108 valence electrons. The van der Waals surface area contributed by atoms with Crippen LogP contribution in [0.3, 0.4) is 0 Å². The molecule has 0 heterocycles. The van der Waals surface area contributed by atoms with E-state index in [1.165, 1.54) is 6.92 Å². The number of carbonyl (C=O) groups is 1. The molecule has 0 N–H and O–H groups in total. The molecule has 1 nitrogen and oxygen atoms in total. The second kappa shape index (κ2) is 6.63. The molecule has 0 amide bonds. The summed E-state index contributed by atoms with van der Waals surface area (Å²) in [5.74, 6) is -11.1. The lowest BCUT2D eigenvalue weighted by Gasteiger charge is -2.28. The molecule has 0 radical (unpaired) electrons. The number of rotatable bonds is 7. The molecule has 1 atom stereocenters. The van der Waals surface area contributed by atoms with E-state index in [1.54, 1.807) is 0 Å². The maximum atomic E-state index is 12.9. The van der Waals surface area contributed by atoms with Crippen molar-refractivity contribution in [1.29, 1.82) is 0 Å². The highest BCUT2D eigenvalue weighted by Gasteiger charge is 2.63. The van der Waals surface area contributed by atoms with Gasteiger partial charge in [0.15, 0.2) is 5.12 Å². The number of thioether (sulfide) groups is 1. The SMILES string of the molecule is CCC(=O)SCCC(F)(F)C(F)(F)C(F)C(F)F. The Hall–Kier alpha value is -0.470. The molecule has 0 aliphatic carbocycles. The summed E-state index contributed by atoms with van der Waals surface area (Å²) < 4.78 is 87.2. The predicted molar refractivity (Wildman–Crippen MR) is 53.2 cm³/mol. The van der Waals surface area contributed by atoms with Gasteiger partial charge in [0.1, 0.15) is 0 Å². The third-order valence-electron chi connectivity index (χ3n) is 2.02. The van der Waals surface area contributed by atoms with Crippen LogP contribution in [0.4, 0.5) is 30.7 Å². The van der Waals surface area contributed by atoms with E-state index in [-0.39, 0.29) is 6.42 Å². The molecule has 0 aliphatic rings. The zero-order chi connectivity index (χ0) is 14.6. The van der Waals surface area contributed by atoms with E-state index in [9.17, 15) is 35.5 Å². The number of halogens is 7. The van der Waals surface area contributed by atoms with Gasteiger partial charge in [0, 0.05) is 18.6 Å². The lowest BCUT2D eigenvalue weighted by molar-refractivity contribution is -0.257. The van der Waals surface area contributed by atoms with E-state index in [4.69, 9.17) is 0 Å². The average Bonchev–Trinajstić information content (AvgIpc) is 2.26. The fraction of sp³-hybridized carbons (Fsp3) is 0.889. The van der Waals surface area contributed by atoms with Crippen LogP contribution in [0, 0.1) is 0 Å². The summed E-state index contributed by atoms with van der Waals surface area (Å²) >= 11 is 0.377. The summed E-state index contributed by atoms with van der Waals surface area (Å²) in [7, 11) is 0. The molecule has 18 heavy (non-hydrogen) atoms. The van der Waals surface area contributed by atoms with Gasteiger partial charge in [0.25, 0.3) is 6.43 Å². The Labute approximate surface area is 103 Å². The van der Waals surface area contributed by atoms with Crippen molar-refractivity contribution >= 4 is 16.9 Å². The molecular weight excluding hydrogens is 289 g/mol. The van der Waals surface area contributed by atoms with Crippen LogP contribution in [0.15, 0.2) is 0 Å². The molecule has 0 saturated carbocycles. The molecule has 0 fully saturated rings. The van der Waals surface area contributed by atoms with Crippen molar-refractivity contribution in [1.82, 2.24) is 0 Å². The van der Waals surface area contributed by atoms with Gasteiger partial charge < -0.3 is 0 Å². The van der Waals surface area contributed by atoms with Gasteiger partial charge in [-0.25, -0.2) is 13.2 Å². The third-order valence-corrected chi connectivity index (χ3v) is 3.04. The van der Waals surface area contributed by atoms with Crippen LogP contribution in [0.25, 0.3) is 0 Å². The minimum absolute atomic E-state index is 0.0232. The highest BCUT2D eigenvalue weighted by Crippen LogP contribution is 2.43. The summed E-state index contributed by atoms with van der Waals surface area (Å²) in [5.41, 5.74) is 0. The summed E-state index contributed by atoms with van der Waals surface area (Å²) in [6.07, 6.45) is -9.96. The molecule has 0 spiro atoms. The van der Waals surface area contributed by atoms with Crippen LogP contribution in [-0.4, -0.2) is 35.3 Å². The summed E-state index contributed by atoms with van der Waals surface area (Å²) in [6.45, 7) is 1.44. The highest BCUT2D eigenvalue weighted by atomic mass is 32.2. The van der Waals surface area contributed by atoms with E-state index >= 15 is 0 Å². The van der Waals surface area contributed by atoms with Gasteiger partial charge in [0.05, 0.1) is 0 Å². The number of hydrogen-bond donors (Lipinski definition) is 0. The van der Waals surface area contributed by atoms with E-state index in [2.05, 4.69) is 0 Å². The van der Waals surface area contributed by atoms with Gasteiger partial charge in [-0.2, -0.15) is 17.6 Å². The number of carbonyl (C=O) groups excluding carboxylic acids is 1. The third kappa shape index (κ3) is 4.33. The first-order chi connectivity index (χ1) is 8.06. The maximum Gasteiger partial charge on any atom is 0.346 e. The van der Waals surface area contributed by atoms with E-state index in [0.29, 0.717) is 11.8 Å². The molecule has 0 aromatic heterocycles. The van der Waals surface area contributed by atoms with Crippen molar-refractivity contribution < 1.29 is 35.5 Å². The number of alkyl halides is 7. The first-order valence-corrected chi connectivity index (χ1v) is 5.88. The zero-order valence-electron chi connectivity index (χ0n) is 9.24. The number of hydrogen-bond acceptors (Lipinski definition) is 2.